The quantitative estimate of drug-likeness (QED) is 0.701. The van der Waals surface area contributed by atoms with Gasteiger partial charge >= 0.3 is 5.97 Å². The van der Waals surface area contributed by atoms with E-state index in [0.29, 0.717) is 12.0 Å². The number of aromatic carboxylic acids is 1. The van der Waals surface area contributed by atoms with Crippen molar-refractivity contribution < 1.29 is 14.3 Å². The molecule has 0 unspecified atom stereocenters. The summed E-state index contributed by atoms with van der Waals surface area (Å²) in [5.41, 5.74) is 4.02. The molecule has 2 aromatic carbocycles. The number of pyridine rings is 1. The van der Waals surface area contributed by atoms with Crippen molar-refractivity contribution in [3.05, 3.63) is 89.0 Å². The maximum Gasteiger partial charge on any atom is 0.354 e. The van der Waals surface area contributed by atoms with Crippen LogP contribution in [0, 0.1) is 5.82 Å². The van der Waals surface area contributed by atoms with E-state index in [1.807, 2.05) is 36.4 Å². The molecule has 5 heteroatoms. The van der Waals surface area contributed by atoms with Crippen molar-refractivity contribution in [3.63, 3.8) is 0 Å². The first-order valence-electron chi connectivity index (χ1n) is 9.20. The Bertz CT molecular complexity index is 1030. The summed E-state index contributed by atoms with van der Waals surface area (Å²) in [6.07, 6.45) is 0.380. The lowest BCUT2D eigenvalue weighted by Gasteiger charge is -2.22. The molecule has 1 N–H and O–H groups in total. The molecule has 1 aromatic heterocycles. The summed E-state index contributed by atoms with van der Waals surface area (Å²) in [5, 5.41) is 9.74. The number of anilines is 2. The summed E-state index contributed by atoms with van der Waals surface area (Å²) in [6, 6.07) is 18.1. The molecule has 1 aliphatic heterocycles. The lowest BCUT2D eigenvalue weighted by molar-refractivity contribution is 0.0689. The molecule has 0 saturated carbocycles. The number of carboxylic acid groups (broad SMARTS) is 1. The smallest absolute Gasteiger partial charge is 0.354 e. The molecule has 0 bridgehead atoms. The summed E-state index contributed by atoms with van der Waals surface area (Å²) in [4.78, 5) is 18.7. The Kier molecular flexibility index (Phi) is 4.38. The van der Waals surface area contributed by atoms with Crippen molar-refractivity contribution in [1.82, 2.24) is 4.98 Å². The SMILES string of the molecule is CC1(C)CN(c2ccccc2)c2cc(Cc3ccc(F)cc3)c(C(=O)O)nc21. The van der Waals surface area contributed by atoms with Crippen LogP contribution in [-0.2, 0) is 11.8 Å². The van der Waals surface area contributed by atoms with Crippen LogP contribution in [0.3, 0.4) is 0 Å². The van der Waals surface area contributed by atoms with E-state index in [2.05, 4.69) is 23.7 Å². The van der Waals surface area contributed by atoms with Gasteiger partial charge in [0.05, 0.1) is 11.4 Å². The highest BCUT2D eigenvalue weighted by Crippen LogP contribution is 2.44. The van der Waals surface area contributed by atoms with Gasteiger partial charge in [-0.2, -0.15) is 0 Å². The van der Waals surface area contributed by atoms with E-state index in [0.717, 1.165) is 29.2 Å². The average Bonchev–Trinajstić information content (AvgIpc) is 2.94. The monoisotopic (exact) mass is 376 g/mol. The Morgan fingerprint density at radius 2 is 1.82 bits per heavy atom. The van der Waals surface area contributed by atoms with E-state index in [1.165, 1.54) is 12.1 Å². The predicted octanol–water partition coefficient (Wildman–Crippen LogP) is 4.94. The van der Waals surface area contributed by atoms with Crippen LogP contribution in [0.2, 0.25) is 0 Å². The highest BCUT2D eigenvalue weighted by atomic mass is 19.1. The molecule has 28 heavy (non-hydrogen) atoms. The van der Waals surface area contributed by atoms with Crippen molar-refractivity contribution >= 4 is 17.3 Å². The Morgan fingerprint density at radius 3 is 2.46 bits per heavy atom. The number of benzene rings is 2. The number of para-hydroxylation sites is 1. The number of carbonyl (C=O) groups is 1. The fraction of sp³-hybridized carbons (Fsp3) is 0.217. The van der Waals surface area contributed by atoms with E-state index in [-0.39, 0.29) is 16.9 Å². The number of fused-ring (bicyclic) bond motifs is 1. The Hall–Kier alpha value is -3.21. The summed E-state index contributed by atoms with van der Waals surface area (Å²) in [7, 11) is 0. The zero-order chi connectivity index (χ0) is 19.9. The van der Waals surface area contributed by atoms with Crippen LogP contribution in [-0.4, -0.2) is 22.6 Å². The van der Waals surface area contributed by atoms with E-state index in [1.54, 1.807) is 12.1 Å². The molecular weight excluding hydrogens is 355 g/mol. The van der Waals surface area contributed by atoms with Gasteiger partial charge in [0.2, 0.25) is 0 Å². The zero-order valence-electron chi connectivity index (χ0n) is 15.8. The van der Waals surface area contributed by atoms with E-state index in [4.69, 9.17) is 0 Å². The fourth-order valence-electron chi connectivity index (χ4n) is 3.78. The minimum absolute atomic E-state index is 0.0612. The Morgan fingerprint density at radius 1 is 1.14 bits per heavy atom. The molecule has 0 amide bonds. The Balaban J connectivity index is 1.84. The van der Waals surface area contributed by atoms with Gasteiger partial charge in [-0.1, -0.05) is 44.2 Å². The third-order valence-corrected chi connectivity index (χ3v) is 5.14. The number of carboxylic acids is 1. The van der Waals surface area contributed by atoms with Gasteiger partial charge < -0.3 is 10.0 Å². The lowest BCUT2D eigenvalue weighted by atomic mass is 9.90. The van der Waals surface area contributed by atoms with Crippen LogP contribution >= 0.6 is 0 Å². The highest BCUT2D eigenvalue weighted by Gasteiger charge is 2.38. The van der Waals surface area contributed by atoms with Crippen molar-refractivity contribution in [1.29, 1.82) is 0 Å². The average molecular weight is 376 g/mol. The molecule has 0 atom stereocenters. The normalized spacial score (nSPS) is 14.8. The zero-order valence-corrected chi connectivity index (χ0v) is 15.8. The summed E-state index contributed by atoms with van der Waals surface area (Å²) < 4.78 is 13.2. The maximum absolute atomic E-state index is 13.2. The van der Waals surface area contributed by atoms with Gasteiger partial charge in [0.25, 0.3) is 0 Å². The van der Waals surface area contributed by atoms with Gasteiger partial charge in [0.1, 0.15) is 5.82 Å². The molecule has 0 spiro atoms. The first-order valence-corrected chi connectivity index (χ1v) is 9.20. The topological polar surface area (TPSA) is 53.4 Å². The molecule has 142 valence electrons. The molecule has 2 heterocycles. The highest BCUT2D eigenvalue weighted by molar-refractivity contribution is 5.89. The van der Waals surface area contributed by atoms with Crippen LogP contribution in [0.4, 0.5) is 15.8 Å². The van der Waals surface area contributed by atoms with E-state index >= 15 is 0 Å². The van der Waals surface area contributed by atoms with Gasteiger partial charge in [0.15, 0.2) is 5.69 Å². The van der Waals surface area contributed by atoms with Crippen molar-refractivity contribution in [3.8, 4) is 0 Å². The standard InChI is InChI=1S/C23H21FN2O2/c1-23(2)14-26(18-6-4-3-5-7-18)19-13-16(20(22(27)28)25-21(19)23)12-15-8-10-17(24)11-9-15/h3-11,13H,12,14H2,1-2H3,(H,27,28). The van der Waals surface area contributed by atoms with Gasteiger partial charge in [-0.05, 0) is 47.9 Å². The molecule has 0 saturated heterocycles. The number of rotatable bonds is 4. The number of aromatic nitrogens is 1. The number of nitrogens with zero attached hydrogens (tertiary/aromatic N) is 2. The fourth-order valence-corrected chi connectivity index (χ4v) is 3.78. The molecule has 0 radical (unpaired) electrons. The van der Waals surface area contributed by atoms with Crippen LogP contribution < -0.4 is 4.90 Å². The second-order valence-corrected chi connectivity index (χ2v) is 7.78. The minimum atomic E-state index is -1.05. The van der Waals surface area contributed by atoms with Crippen LogP contribution in [0.5, 0.6) is 0 Å². The number of halogens is 1. The van der Waals surface area contributed by atoms with Crippen LogP contribution in [0.25, 0.3) is 0 Å². The number of hydrogen-bond donors (Lipinski definition) is 1. The van der Waals surface area contributed by atoms with Gasteiger partial charge in [-0.15, -0.1) is 0 Å². The largest absolute Gasteiger partial charge is 0.477 e. The molecule has 0 aliphatic carbocycles. The summed E-state index contributed by atoms with van der Waals surface area (Å²) >= 11 is 0. The molecule has 3 aromatic rings. The van der Waals surface area contributed by atoms with Gasteiger partial charge in [-0.25, -0.2) is 14.2 Å². The molecule has 1 aliphatic rings. The third kappa shape index (κ3) is 3.24. The molecule has 0 fully saturated rings. The molecule has 4 rings (SSSR count). The van der Waals surface area contributed by atoms with E-state index in [9.17, 15) is 14.3 Å². The van der Waals surface area contributed by atoms with Crippen LogP contribution in [0.15, 0.2) is 60.7 Å². The predicted molar refractivity (Wildman–Crippen MR) is 107 cm³/mol. The molecular formula is C23H21FN2O2. The second-order valence-electron chi connectivity index (χ2n) is 7.78. The lowest BCUT2D eigenvalue weighted by Crippen LogP contribution is -2.25. The Labute approximate surface area is 163 Å². The maximum atomic E-state index is 13.2. The van der Waals surface area contributed by atoms with Gasteiger partial charge in [-0.3, -0.25) is 0 Å². The third-order valence-electron chi connectivity index (χ3n) is 5.14. The first kappa shape index (κ1) is 18.2. The van der Waals surface area contributed by atoms with E-state index < -0.39 is 5.97 Å². The first-order chi connectivity index (χ1) is 13.3. The summed E-state index contributed by atoms with van der Waals surface area (Å²) in [5.74, 6) is -1.36. The van der Waals surface area contributed by atoms with Crippen molar-refractivity contribution in [2.45, 2.75) is 25.7 Å². The van der Waals surface area contributed by atoms with Crippen molar-refractivity contribution in [2.24, 2.45) is 0 Å². The number of hydrogen-bond acceptors (Lipinski definition) is 3. The second kappa shape index (κ2) is 6.75. The van der Waals surface area contributed by atoms with Gasteiger partial charge in [0, 0.05) is 17.6 Å². The van der Waals surface area contributed by atoms with Crippen LogP contribution in [0.1, 0.15) is 41.2 Å². The molecule has 4 nitrogen and oxygen atoms in total. The van der Waals surface area contributed by atoms with Crippen molar-refractivity contribution in [2.75, 3.05) is 11.4 Å². The minimum Gasteiger partial charge on any atom is -0.477 e. The summed E-state index contributed by atoms with van der Waals surface area (Å²) in [6.45, 7) is 4.87.